The molecule has 0 aromatic rings. The molecule has 2 radical (unpaired) electrons. The van der Waals surface area contributed by atoms with Crippen LogP contribution < -0.4 is 0 Å². The fraction of sp³-hybridized carbons (Fsp3) is 0. The van der Waals surface area contributed by atoms with Crippen molar-refractivity contribution < 1.29 is 30.9 Å². The van der Waals surface area contributed by atoms with Gasteiger partial charge in [0, 0.05) is 0 Å². The number of hydrogen-bond acceptors (Lipinski definition) is 15. The summed E-state index contributed by atoms with van der Waals surface area (Å²) in [6, 6.07) is 0. The summed E-state index contributed by atoms with van der Waals surface area (Å²) >= 11 is 0. The molecule has 0 spiro atoms. The zero-order valence-electron chi connectivity index (χ0n) is 9.51. The minimum absolute atomic E-state index is 0. The van der Waals surface area contributed by atoms with Crippen LogP contribution in [0, 0.1) is 76.6 Å². The van der Waals surface area contributed by atoms with E-state index < -0.39 is 25.4 Å². The van der Waals surface area contributed by atoms with Crippen molar-refractivity contribution in [2.75, 3.05) is 0 Å². The Balaban J connectivity index is -0.0000000250. The van der Waals surface area contributed by atoms with E-state index in [4.69, 9.17) is 76.6 Å². The van der Waals surface area contributed by atoms with E-state index in [0.29, 0.717) is 0 Å². The molecule has 4 N–H and O–H groups in total. The van der Waals surface area contributed by atoms with Crippen molar-refractivity contribution in [3.05, 3.63) is 76.6 Å². The van der Waals surface area contributed by atoms with Crippen molar-refractivity contribution in [1.29, 1.82) is 0 Å². The van der Waals surface area contributed by atoms with Crippen LogP contribution in [0.15, 0.2) is 0 Å². The third-order valence-electron chi connectivity index (χ3n) is 0. The van der Waals surface area contributed by atoms with Crippen LogP contribution in [-0.2, 0) is 5.48 Å². The smallest absolute Gasteiger partial charge is 0.873 e. The van der Waals surface area contributed by atoms with Gasteiger partial charge in [-0.05, 0) is 0 Å². The Morgan fingerprint density at radius 2 is 0.364 bits per heavy atom. The molecule has 0 amide bonds. The second-order valence-corrected chi connectivity index (χ2v) is 1.12. The number of rotatable bonds is 0. The van der Waals surface area contributed by atoms with E-state index >= 15 is 0 Å². The third-order valence-corrected chi connectivity index (χ3v) is 0. The standard InChI is InChI=1S/Bi.5NO3.H4O/c;5*2-1(3)4;/h;;;;;;1H4/q+3;5*-1;+2. The van der Waals surface area contributed by atoms with Gasteiger partial charge >= 0.3 is 26.2 Å². The molecule has 0 fully saturated rings. The summed E-state index contributed by atoms with van der Waals surface area (Å²) in [6.07, 6.45) is 0. The van der Waals surface area contributed by atoms with Gasteiger partial charge < -0.3 is 82.1 Å². The van der Waals surface area contributed by atoms with Crippen molar-refractivity contribution in [2.45, 2.75) is 0 Å². The molecule has 130 valence electrons. The summed E-state index contributed by atoms with van der Waals surface area (Å²) in [5.41, 5.74) is 0. The van der Waals surface area contributed by atoms with E-state index in [0.717, 1.165) is 0 Å². The molecule has 0 aromatic heterocycles. The summed E-state index contributed by atoms with van der Waals surface area (Å²) in [4.78, 5) is 41.2. The van der Waals surface area contributed by atoms with Gasteiger partial charge in [0.1, 0.15) is 0 Å². The van der Waals surface area contributed by atoms with E-state index in [9.17, 15) is 0 Å². The Bertz CT molecular complexity index is 207. The molecule has 0 aliphatic heterocycles. The molecule has 0 rings (SSSR count). The Morgan fingerprint density at radius 1 is 0.364 bits per heavy atom. The first-order valence-electron chi connectivity index (χ1n) is 2.74. The Kier molecular flexibility index (Phi) is 70.2. The van der Waals surface area contributed by atoms with Crippen molar-refractivity contribution in [2.24, 2.45) is 0 Å². The van der Waals surface area contributed by atoms with E-state index in [1.165, 1.54) is 0 Å². The molecule has 0 saturated heterocycles. The zero-order chi connectivity index (χ0) is 17.9. The second-order valence-electron chi connectivity index (χ2n) is 1.12. The van der Waals surface area contributed by atoms with Crippen LogP contribution in [0.25, 0.3) is 0 Å². The Labute approximate surface area is 134 Å². The van der Waals surface area contributed by atoms with Crippen molar-refractivity contribution >= 4 is 26.2 Å². The van der Waals surface area contributed by atoms with E-state index in [2.05, 4.69) is 0 Å². The molecule has 0 aromatic carbocycles. The fourth-order valence-corrected chi connectivity index (χ4v) is 0. The quantitative estimate of drug-likeness (QED) is 0.171. The summed E-state index contributed by atoms with van der Waals surface area (Å²) in [7, 11) is 0. The molecule has 22 heavy (non-hydrogen) atoms. The van der Waals surface area contributed by atoms with Gasteiger partial charge in [-0.25, -0.2) is 0 Å². The van der Waals surface area contributed by atoms with E-state index in [-0.39, 0.29) is 31.7 Å². The monoisotopic (exact) mass is 539 g/mol. The van der Waals surface area contributed by atoms with Gasteiger partial charge in [-0.2, -0.15) is 0 Å². The summed E-state index contributed by atoms with van der Waals surface area (Å²) in [5.74, 6) is 0. The van der Waals surface area contributed by atoms with E-state index in [1.54, 1.807) is 0 Å². The number of hydrogen-bond donors (Lipinski definition) is 0. The average Bonchev–Trinajstić information content (AvgIpc) is 1.94. The summed E-state index contributed by atoms with van der Waals surface area (Å²) in [5, 5.41) is 73.8. The van der Waals surface area contributed by atoms with Crippen LogP contribution >= 0.6 is 0 Å². The van der Waals surface area contributed by atoms with Gasteiger partial charge in [0.05, 0.1) is 25.4 Å². The van der Waals surface area contributed by atoms with Crippen LogP contribution in [0.4, 0.5) is 0 Å². The fourth-order valence-electron chi connectivity index (χ4n) is 0. The molecule has 0 saturated carbocycles. The van der Waals surface area contributed by atoms with Gasteiger partial charge in [0.25, 0.3) is 0 Å². The molecule has 0 bridgehead atoms. The van der Waals surface area contributed by atoms with Crippen molar-refractivity contribution in [3.8, 4) is 0 Å². The normalized spacial score (nSPS) is 5.45. The first-order chi connectivity index (χ1) is 8.66. The second kappa shape index (κ2) is 36.1. The maximum Gasteiger partial charge on any atom is 3.00 e. The molecular weight excluding hydrogens is 535 g/mol. The third kappa shape index (κ3) is 424. The molecular formula is H4BiN5O16. The first-order valence-corrected chi connectivity index (χ1v) is 2.74. The van der Waals surface area contributed by atoms with Crippen molar-refractivity contribution in [3.63, 3.8) is 0 Å². The van der Waals surface area contributed by atoms with Gasteiger partial charge in [-0.3, -0.25) is 0 Å². The van der Waals surface area contributed by atoms with Crippen LogP contribution in [0.2, 0.25) is 0 Å². The minimum Gasteiger partial charge on any atom is -0.873 e. The van der Waals surface area contributed by atoms with Gasteiger partial charge in [-0.15, -0.1) is 0 Å². The Morgan fingerprint density at radius 3 is 0.364 bits per heavy atom. The molecule has 0 atom stereocenters. The molecule has 22 heteroatoms. The van der Waals surface area contributed by atoms with Crippen molar-refractivity contribution in [1.82, 2.24) is 0 Å². The summed E-state index contributed by atoms with van der Waals surface area (Å²) < 4.78 is 0. The topological polar surface area (TPSA) is 365 Å². The molecule has 0 aliphatic rings. The molecule has 21 nitrogen and oxygen atoms in total. The largest absolute Gasteiger partial charge is 3.00 e. The maximum absolute atomic E-state index is 8.25. The van der Waals surface area contributed by atoms with Crippen LogP contribution in [0.3, 0.4) is 0 Å². The Hall–Kier alpha value is -3.16. The SMILES string of the molecule is O=[N+]([O-])[O-].O=[N+]([O-])[O-].O=[N+]([O-])[O-].O=[N+]([O-])[O-].O=[N+]([O-])[O-].[Bi+3].[OH4+2]. The average molecular weight is 539 g/mol. The first kappa shape index (κ1) is 42.8. The minimum atomic E-state index is -1.75. The predicted molar refractivity (Wildman–Crippen MR) is 63.8 cm³/mol. The van der Waals surface area contributed by atoms with Gasteiger partial charge in [0.2, 0.25) is 0 Å². The molecule has 0 unspecified atom stereocenters. The van der Waals surface area contributed by atoms with Crippen LogP contribution in [0.5, 0.6) is 0 Å². The number of nitrogens with zero attached hydrogens (tertiary/aromatic N) is 5. The predicted octanol–water partition coefficient (Wildman–Crippen LogP) is -2.77. The van der Waals surface area contributed by atoms with Gasteiger partial charge in [-0.1, -0.05) is 0 Å². The van der Waals surface area contributed by atoms with E-state index in [1.807, 2.05) is 0 Å². The van der Waals surface area contributed by atoms with Crippen LogP contribution in [0.1, 0.15) is 0 Å². The van der Waals surface area contributed by atoms with Gasteiger partial charge in [0.15, 0.2) is 0 Å². The van der Waals surface area contributed by atoms with Crippen LogP contribution in [-0.4, -0.2) is 51.6 Å². The summed E-state index contributed by atoms with van der Waals surface area (Å²) in [6.45, 7) is 0. The molecule has 0 aliphatic carbocycles. The zero-order valence-corrected chi connectivity index (χ0v) is 13.0. The molecule has 0 heterocycles. The maximum atomic E-state index is 8.25.